The van der Waals surface area contributed by atoms with E-state index in [2.05, 4.69) is 26.3 Å². The maximum absolute atomic E-state index is 6.02. The van der Waals surface area contributed by atoms with Crippen LogP contribution in [0, 0.1) is 0 Å². The van der Waals surface area contributed by atoms with Crippen molar-refractivity contribution in [2.75, 3.05) is 43.0 Å². The van der Waals surface area contributed by atoms with Crippen molar-refractivity contribution in [2.24, 2.45) is 10.7 Å². The summed E-state index contributed by atoms with van der Waals surface area (Å²) in [5.74, 6) is 2.95. The minimum Gasteiger partial charge on any atom is -0.370 e. The number of thiazole rings is 1. The summed E-state index contributed by atoms with van der Waals surface area (Å²) >= 11 is 3.64. The summed E-state index contributed by atoms with van der Waals surface area (Å²) in [4.78, 5) is 11.1. The second kappa shape index (κ2) is 8.78. The van der Waals surface area contributed by atoms with Gasteiger partial charge in [-0.1, -0.05) is 23.5 Å². The molecule has 1 aliphatic heterocycles. The van der Waals surface area contributed by atoms with Crippen molar-refractivity contribution in [1.29, 1.82) is 0 Å². The van der Waals surface area contributed by atoms with E-state index >= 15 is 0 Å². The zero-order valence-electron chi connectivity index (χ0n) is 12.2. The van der Waals surface area contributed by atoms with Crippen LogP contribution in [0.15, 0.2) is 29.3 Å². The Balaban J connectivity index is 0.00000176. The lowest BCUT2D eigenvalue weighted by molar-refractivity contribution is 0.456. The molecule has 0 spiro atoms. The monoisotopic (exact) mass is 449 g/mol. The number of anilines is 1. The Hall–Kier alpha value is -0.740. The Morgan fingerprint density at radius 1 is 1.32 bits per heavy atom. The van der Waals surface area contributed by atoms with Gasteiger partial charge >= 0.3 is 0 Å². The van der Waals surface area contributed by atoms with E-state index in [1.165, 1.54) is 4.70 Å². The van der Waals surface area contributed by atoms with Crippen LogP contribution in [-0.4, -0.2) is 53.5 Å². The largest absolute Gasteiger partial charge is 0.370 e. The first-order valence-electron chi connectivity index (χ1n) is 7.05. The van der Waals surface area contributed by atoms with Gasteiger partial charge in [-0.05, 0) is 12.1 Å². The van der Waals surface area contributed by atoms with Gasteiger partial charge in [0.25, 0.3) is 0 Å². The van der Waals surface area contributed by atoms with E-state index in [9.17, 15) is 0 Å². The third-order valence-electron chi connectivity index (χ3n) is 3.29. The van der Waals surface area contributed by atoms with Crippen LogP contribution in [0.3, 0.4) is 0 Å². The van der Waals surface area contributed by atoms with Crippen molar-refractivity contribution in [3.63, 3.8) is 0 Å². The number of hydrogen-bond acceptors (Lipinski definition) is 5. The molecule has 1 aromatic carbocycles. The summed E-state index contributed by atoms with van der Waals surface area (Å²) < 4.78 is 1.20. The van der Waals surface area contributed by atoms with Gasteiger partial charge in [0.2, 0.25) is 0 Å². The van der Waals surface area contributed by atoms with Crippen molar-refractivity contribution in [2.45, 2.75) is 0 Å². The molecule has 0 unspecified atom stereocenters. The minimum absolute atomic E-state index is 0. The molecule has 0 radical (unpaired) electrons. The van der Waals surface area contributed by atoms with E-state index in [-0.39, 0.29) is 24.0 Å². The predicted octanol–water partition coefficient (Wildman–Crippen LogP) is 2.69. The molecule has 3 N–H and O–H groups in total. The van der Waals surface area contributed by atoms with Crippen LogP contribution in [0.4, 0.5) is 5.13 Å². The van der Waals surface area contributed by atoms with Crippen LogP contribution in [0.2, 0.25) is 0 Å². The highest BCUT2D eigenvalue weighted by molar-refractivity contribution is 14.0. The van der Waals surface area contributed by atoms with E-state index in [0.29, 0.717) is 12.5 Å². The van der Waals surface area contributed by atoms with Gasteiger partial charge in [0, 0.05) is 31.1 Å². The zero-order chi connectivity index (χ0) is 14.5. The number of aromatic nitrogens is 1. The first-order chi connectivity index (χ1) is 10.3. The highest BCUT2D eigenvalue weighted by atomic mass is 127. The number of hydrogen-bond donors (Lipinski definition) is 2. The molecule has 2 heterocycles. The highest BCUT2D eigenvalue weighted by Crippen LogP contribution is 2.24. The van der Waals surface area contributed by atoms with Crippen molar-refractivity contribution < 1.29 is 0 Å². The van der Waals surface area contributed by atoms with Crippen LogP contribution in [0.25, 0.3) is 10.2 Å². The van der Waals surface area contributed by atoms with E-state index in [0.717, 1.165) is 41.8 Å². The van der Waals surface area contributed by atoms with E-state index in [1.807, 2.05) is 30.0 Å². The van der Waals surface area contributed by atoms with Gasteiger partial charge in [0.05, 0.1) is 16.8 Å². The third kappa shape index (κ3) is 4.63. The maximum Gasteiger partial charge on any atom is 0.191 e. The molecule has 5 nitrogen and oxygen atoms in total. The lowest BCUT2D eigenvalue weighted by Crippen LogP contribution is -2.42. The lowest BCUT2D eigenvalue weighted by Gasteiger charge is -2.27. The molecule has 0 atom stereocenters. The molecular formula is C14H20IN5S2. The summed E-state index contributed by atoms with van der Waals surface area (Å²) in [6.07, 6.45) is 0. The number of fused-ring (bicyclic) bond motifs is 1. The summed E-state index contributed by atoms with van der Waals surface area (Å²) in [5, 5.41) is 4.26. The van der Waals surface area contributed by atoms with Gasteiger partial charge < -0.3 is 16.0 Å². The number of aliphatic imine (C=N–C) groups is 1. The number of guanidine groups is 1. The average molecular weight is 449 g/mol. The number of para-hydroxylation sites is 1. The van der Waals surface area contributed by atoms with Gasteiger partial charge in [-0.2, -0.15) is 11.8 Å². The van der Waals surface area contributed by atoms with Crippen molar-refractivity contribution in [3.8, 4) is 0 Å². The van der Waals surface area contributed by atoms with Gasteiger partial charge in [-0.3, -0.25) is 4.99 Å². The summed E-state index contributed by atoms with van der Waals surface area (Å²) in [6.45, 7) is 3.44. The number of benzene rings is 1. The molecular weight excluding hydrogens is 429 g/mol. The molecule has 8 heteroatoms. The van der Waals surface area contributed by atoms with Crippen molar-refractivity contribution in [1.82, 2.24) is 9.88 Å². The first kappa shape index (κ1) is 17.6. The molecule has 22 heavy (non-hydrogen) atoms. The molecule has 0 amide bonds. The van der Waals surface area contributed by atoms with Gasteiger partial charge in [0.15, 0.2) is 11.1 Å². The minimum atomic E-state index is 0. The molecule has 0 aliphatic carbocycles. The van der Waals surface area contributed by atoms with Crippen LogP contribution in [-0.2, 0) is 0 Å². The Bertz CT molecular complexity index is 591. The molecule has 0 saturated carbocycles. The number of nitrogens with two attached hydrogens (primary N) is 1. The molecule has 2 aromatic rings. The highest BCUT2D eigenvalue weighted by Gasteiger charge is 2.11. The number of halogens is 1. The van der Waals surface area contributed by atoms with E-state index in [1.54, 1.807) is 11.3 Å². The Morgan fingerprint density at radius 3 is 2.86 bits per heavy atom. The molecule has 1 fully saturated rings. The smallest absolute Gasteiger partial charge is 0.191 e. The van der Waals surface area contributed by atoms with Crippen molar-refractivity contribution in [3.05, 3.63) is 24.3 Å². The third-order valence-corrected chi connectivity index (χ3v) is 5.23. The Kier molecular flexibility index (Phi) is 7.03. The summed E-state index contributed by atoms with van der Waals surface area (Å²) in [6, 6.07) is 8.16. The normalized spacial score (nSPS) is 15.6. The van der Waals surface area contributed by atoms with E-state index < -0.39 is 0 Å². The number of thioether (sulfide) groups is 1. The van der Waals surface area contributed by atoms with Gasteiger partial charge in [-0.25, -0.2) is 4.98 Å². The maximum atomic E-state index is 6.02. The van der Waals surface area contributed by atoms with E-state index in [4.69, 9.17) is 5.73 Å². The molecule has 1 aromatic heterocycles. The average Bonchev–Trinajstić information content (AvgIpc) is 2.95. The van der Waals surface area contributed by atoms with Crippen LogP contribution < -0.4 is 11.1 Å². The molecule has 0 bridgehead atoms. The SMILES string of the molecule is I.NC(=NCCNc1nc2ccccc2s1)N1CCSCC1. The second-order valence-electron chi connectivity index (χ2n) is 4.75. The van der Waals surface area contributed by atoms with Gasteiger partial charge in [-0.15, -0.1) is 24.0 Å². The quantitative estimate of drug-likeness (QED) is 0.325. The fourth-order valence-corrected chi connectivity index (χ4v) is 3.97. The Morgan fingerprint density at radius 2 is 2.09 bits per heavy atom. The van der Waals surface area contributed by atoms with Crippen LogP contribution in [0.1, 0.15) is 0 Å². The summed E-state index contributed by atoms with van der Waals surface area (Å²) in [5.41, 5.74) is 7.06. The molecule has 1 aliphatic rings. The van der Waals surface area contributed by atoms with Gasteiger partial charge in [0.1, 0.15) is 0 Å². The first-order valence-corrected chi connectivity index (χ1v) is 9.02. The summed E-state index contributed by atoms with van der Waals surface area (Å²) in [7, 11) is 0. The zero-order valence-corrected chi connectivity index (χ0v) is 16.2. The fourth-order valence-electron chi connectivity index (χ4n) is 2.17. The standard InChI is InChI=1S/C14H19N5S2.HI/c15-13(19-7-9-20-10-8-19)16-5-6-17-14-18-11-3-1-2-4-12(11)21-14;/h1-4H,5-10H2,(H2,15,16)(H,17,18);1H. The van der Waals surface area contributed by atoms with Crippen molar-refractivity contribution >= 4 is 68.4 Å². The van der Waals surface area contributed by atoms with Crippen LogP contribution in [0.5, 0.6) is 0 Å². The second-order valence-corrected chi connectivity index (χ2v) is 7.01. The number of nitrogens with one attached hydrogen (secondary N) is 1. The topological polar surface area (TPSA) is 66.5 Å². The molecule has 3 rings (SSSR count). The molecule has 120 valence electrons. The predicted molar refractivity (Wildman–Crippen MR) is 109 cm³/mol. The number of nitrogens with zero attached hydrogens (tertiary/aromatic N) is 3. The lowest BCUT2D eigenvalue weighted by atomic mass is 10.3. The number of rotatable bonds is 4. The Labute approximate surface area is 155 Å². The molecule has 1 saturated heterocycles. The fraction of sp³-hybridized carbons (Fsp3) is 0.429. The van der Waals surface area contributed by atoms with Crippen LogP contribution >= 0.6 is 47.1 Å².